The van der Waals surface area contributed by atoms with Crippen molar-refractivity contribution in [2.24, 2.45) is 5.92 Å². The van der Waals surface area contributed by atoms with Crippen LogP contribution in [0.5, 0.6) is 5.88 Å². The maximum atomic E-state index is 5.36. The quantitative estimate of drug-likeness (QED) is 0.768. The van der Waals surface area contributed by atoms with Crippen LogP contribution in [0.25, 0.3) is 0 Å². The first-order chi connectivity index (χ1) is 7.72. The van der Waals surface area contributed by atoms with Gasteiger partial charge in [0, 0.05) is 6.54 Å². The highest BCUT2D eigenvalue weighted by Crippen LogP contribution is 2.04. The van der Waals surface area contributed by atoms with E-state index in [1.807, 2.05) is 0 Å². The second-order valence-corrected chi connectivity index (χ2v) is 4.22. The fraction of sp³-hybridized carbons (Fsp3) is 0.667. The molecule has 0 fully saturated rings. The van der Waals surface area contributed by atoms with E-state index in [2.05, 4.69) is 36.1 Å². The molecule has 1 N–H and O–H groups in total. The van der Waals surface area contributed by atoms with Crippen LogP contribution in [0.4, 0.5) is 0 Å². The third kappa shape index (κ3) is 5.07. The van der Waals surface area contributed by atoms with Gasteiger partial charge in [0.05, 0.1) is 24.7 Å². The third-order valence-electron chi connectivity index (χ3n) is 1.99. The SMILES string of the molecule is CCCOc1cnc(CNCC(C)C)cn1. The van der Waals surface area contributed by atoms with Gasteiger partial charge in [-0.3, -0.25) is 4.98 Å². The summed E-state index contributed by atoms with van der Waals surface area (Å²) in [5.41, 5.74) is 0.949. The number of hydrogen-bond acceptors (Lipinski definition) is 4. The molecule has 0 saturated carbocycles. The number of aromatic nitrogens is 2. The lowest BCUT2D eigenvalue weighted by Crippen LogP contribution is -2.19. The molecule has 0 aliphatic heterocycles. The summed E-state index contributed by atoms with van der Waals surface area (Å²) >= 11 is 0. The van der Waals surface area contributed by atoms with Gasteiger partial charge in [-0.15, -0.1) is 0 Å². The Morgan fingerprint density at radius 1 is 1.31 bits per heavy atom. The fourth-order valence-corrected chi connectivity index (χ4v) is 1.20. The van der Waals surface area contributed by atoms with Crippen molar-refractivity contribution in [1.29, 1.82) is 0 Å². The molecule has 4 heteroatoms. The average molecular weight is 223 g/mol. The molecule has 1 heterocycles. The zero-order valence-electron chi connectivity index (χ0n) is 10.4. The van der Waals surface area contributed by atoms with E-state index in [0.717, 1.165) is 25.2 Å². The summed E-state index contributed by atoms with van der Waals surface area (Å²) in [4.78, 5) is 8.47. The lowest BCUT2D eigenvalue weighted by atomic mass is 10.2. The molecule has 0 amide bonds. The Kier molecular flexibility index (Phi) is 5.78. The topological polar surface area (TPSA) is 47.0 Å². The summed E-state index contributed by atoms with van der Waals surface area (Å²) < 4.78 is 5.36. The van der Waals surface area contributed by atoms with Crippen LogP contribution in [0.2, 0.25) is 0 Å². The molecule has 90 valence electrons. The van der Waals surface area contributed by atoms with Gasteiger partial charge in [-0.05, 0) is 18.9 Å². The molecule has 4 nitrogen and oxygen atoms in total. The zero-order chi connectivity index (χ0) is 11.8. The van der Waals surface area contributed by atoms with Gasteiger partial charge in [0.1, 0.15) is 0 Å². The standard InChI is InChI=1S/C12H21N3O/c1-4-5-16-12-9-14-11(8-15-12)7-13-6-10(2)3/h8-10,13H,4-7H2,1-3H3. The van der Waals surface area contributed by atoms with Crippen molar-refractivity contribution < 1.29 is 4.74 Å². The Labute approximate surface area is 97.5 Å². The summed E-state index contributed by atoms with van der Waals surface area (Å²) in [5, 5.41) is 3.32. The maximum absolute atomic E-state index is 5.36. The lowest BCUT2D eigenvalue weighted by molar-refractivity contribution is 0.303. The van der Waals surface area contributed by atoms with Crippen LogP contribution in [-0.4, -0.2) is 23.1 Å². The van der Waals surface area contributed by atoms with Crippen LogP contribution in [0.1, 0.15) is 32.9 Å². The molecular formula is C12H21N3O. The molecule has 0 aliphatic carbocycles. The van der Waals surface area contributed by atoms with Gasteiger partial charge in [-0.2, -0.15) is 0 Å². The van der Waals surface area contributed by atoms with Crippen LogP contribution < -0.4 is 10.1 Å². The Morgan fingerprint density at radius 3 is 2.69 bits per heavy atom. The molecule has 0 aromatic carbocycles. The van der Waals surface area contributed by atoms with Gasteiger partial charge in [-0.1, -0.05) is 20.8 Å². The first-order valence-electron chi connectivity index (χ1n) is 5.86. The summed E-state index contributed by atoms with van der Waals surface area (Å²) in [6, 6.07) is 0. The van der Waals surface area contributed by atoms with E-state index >= 15 is 0 Å². The normalized spacial score (nSPS) is 10.8. The minimum Gasteiger partial charge on any atom is -0.477 e. The molecule has 16 heavy (non-hydrogen) atoms. The second kappa shape index (κ2) is 7.17. The summed E-state index contributed by atoms with van der Waals surface area (Å²) in [6.45, 7) is 8.88. The van der Waals surface area contributed by atoms with Crippen LogP contribution in [0, 0.1) is 5.92 Å². The van der Waals surface area contributed by atoms with E-state index in [9.17, 15) is 0 Å². The van der Waals surface area contributed by atoms with Gasteiger partial charge in [0.25, 0.3) is 0 Å². The van der Waals surface area contributed by atoms with Crippen molar-refractivity contribution in [2.45, 2.75) is 33.7 Å². The van der Waals surface area contributed by atoms with E-state index in [1.165, 1.54) is 0 Å². The summed E-state index contributed by atoms with van der Waals surface area (Å²) in [6.07, 6.45) is 4.43. The molecule has 0 bridgehead atoms. The monoisotopic (exact) mass is 223 g/mol. The summed E-state index contributed by atoms with van der Waals surface area (Å²) in [5.74, 6) is 1.26. The Morgan fingerprint density at radius 2 is 2.12 bits per heavy atom. The molecule has 0 radical (unpaired) electrons. The van der Waals surface area contributed by atoms with Crippen molar-refractivity contribution in [3.05, 3.63) is 18.1 Å². The van der Waals surface area contributed by atoms with E-state index in [4.69, 9.17) is 4.74 Å². The van der Waals surface area contributed by atoms with Crippen LogP contribution >= 0.6 is 0 Å². The number of nitrogens with one attached hydrogen (secondary N) is 1. The van der Waals surface area contributed by atoms with Gasteiger partial charge < -0.3 is 10.1 Å². The number of hydrogen-bond donors (Lipinski definition) is 1. The molecule has 0 aliphatic rings. The lowest BCUT2D eigenvalue weighted by Gasteiger charge is -2.07. The Balaban J connectivity index is 2.33. The molecule has 1 aromatic rings. The van der Waals surface area contributed by atoms with E-state index in [0.29, 0.717) is 18.4 Å². The van der Waals surface area contributed by atoms with E-state index in [-0.39, 0.29) is 0 Å². The number of nitrogens with zero attached hydrogens (tertiary/aromatic N) is 2. The second-order valence-electron chi connectivity index (χ2n) is 4.22. The molecule has 1 rings (SSSR count). The highest BCUT2D eigenvalue weighted by atomic mass is 16.5. The van der Waals surface area contributed by atoms with Gasteiger partial charge >= 0.3 is 0 Å². The van der Waals surface area contributed by atoms with Crippen LogP contribution in [-0.2, 0) is 6.54 Å². The third-order valence-corrected chi connectivity index (χ3v) is 1.99. The predicted molar refractivity (Wildman–Crippen MR) is 64.4 cm³/mol. The highest BCUT2D eigenvalue weighted by Gasteiger charge is 1.99. The first-order valence-corrected chi connectivity index (χ1v) is 5.86. The molecular weight excluding hydrogens is 202 g/mol. The maximum Gasteiger partial charge on any atom is 0.232 e. The smallest absolute Gasteiger partial charge is 0.232 e. The minimum atomic E-state index is 0.606. The van der Waals surface area contributed by atoms with E-state index < -0.39 is 0 Å². The number of rotatable bonds is 7. The first kappa shape index (κ1) is 12.9. The highest BCUT2D eigenvalue weighted by molar-refractivity contribution is 5.06. The average Bonchev–Trinajstić information content (AvgIpc) is 2.27. The number of ether oxygens (including phenoxy) is 1. The minimum absolute atomic E-state index is 0.606. The van der Waals surface area contributed by atoms with Gasteiger partial charge in [-0.25, -0.2) is 4.98 Å². The van der Waals surface area contributed by atoms with Crippen molar-refractivity contribution in [3.8, 4) is 5.88 Å². The summed E-state index contributed by atoms with van der Waals surface area (Å²) in [7, 11) is 0. The van der Waals surface area contributed by atoms with Crippen molar-refractivity contribution in [3.63, 3.8) is 0 Å². The van der Waals surface area contributed by atoms with Gasteiger partial charge in [0.2, 0.25) is 5.88 Å². The van der Waals surface area contributed by atoms with Gasteiger partial charge in [0.15, 0.2) is 0 Å². The molecule has 0 spiro atoms. The van der Waals surface area contributed by atoms with Crippen LogP contribution in [0.3, 0.4) is 0 Å². The molecule has 0 atom stereocenters. The Bertz CT molecular complexity index is 285. The molecule has 0 saturated heterocycles. The van der Waals surface area contributed by atoms with Crippen molar-refractivity contribution >= 4 is 0 Å². The molecule has 0 unspecified atom stereocenters. The van der Waals surface area contributed by atoms with Crippen molar-refractivity contribution in [1.82, 2.24) is 15.3 Å². The van der Waals surface area contributed by atoms with Crippen molar-refractivity contribution in [2.75, 3.05) is 13.2 Å². The predicted octanol–water partition coefficient (Wildman–Crippen LogP) is 2.01. The largest absolute Gasteiger partial charge is 0.477 e. The zero-order valence-corrected chi connectivity index (χ0v) is 10.4. The van der Waals surface area contributed by atoms with Crippen LogP contribution in [0.15, 0.2) is 12.4 Å². The fourth-order valence-electron chi connectivity index (χ4n) is 1.20. The van der Waals surface area contributed by atoms with E-state index in [1.54, 1.807) is 12.4 Å². The Hall–Kier alpha value is -1.16. The molecule has 1 aromatic heterocycles.